The van der Waals surface area contributed by atoms with Gasteiger partial charge in [-0.05, 0) is 28.5 Å². The molecule has 0 aromatic heterocycles. The molecule has 2 aliphatic heterocycles. The third-order valence-corrected chi connectivity index (χ3v) is 4.75. The summed E-state index contributed by atoms with van der Waals surface area (Å²) in [5.41, 5.74) is 3.92. The number of fused-ring (bicyclic) bond motifs is 2. The second-order valence-electron chi connectivity index (χ2n) is 6.62. The van der Waals surface area contributed by atoms with Gasteiger partial charge in [-0.15, -0.1) is 0 Å². The highest BCUT2D eigenvalue weighted by Crippen LogP contribution is 2.50. The lowest BCUT2D eigenvalue weighted by atomic mass is 9.69. The van der Waals surface area contributed by atoms with E-state index < -0.39 is 0 Å². The average molecular weight is 260 g/mol. The van der Waals surface area contributed by atoms with Gasteiger partial charge in [-0.3, -0.25) is 0 Å². The van der Waals surface area contributed by atoms with Crippen LogP contribution >= 0.6 is 0 Å². The molecule has 0 bridgehead atoms. The molecule has 0 amide bonds. The topological polar surface area (TPSA) is 18.5 Å². The highest BCUT2D eigenvalue weighted by atomic mass is 16.6. The summed E-state index contributed by atoms with van der Waals surface area (Å²) >= 11 is 0. The number of hydrogen-bond acceptors (Lipinski definition) is 2. The minimum absolute atomic E-state index is 0.174. The zero-order valence-electron chi connectivity index (χ0n) is 12.4. The van der Waals surface area contributed by atoms with Crippen molar-refractivity contribution in [1.29, 1.82) is 0 Å². The smallest absolute Gasteiger partial charge is 0.122 e. The van der Waals surface area contributed by atoms with Crippen molar-refractivity contribution in [3.05, 3.63) is 34.9 Å². The Balaban J connectivity index is 2.06. The molecule has 3 rings (SSSR count). The van der Waals surface area contributed by atoms with Gasteiger partial charge in [0.05, 0.1) is 19.8 Å². The molecule has 0 aliphatic carbocycles. The van der Waals surface area contributed by atoms with Crippen molar-refractivity contribution < 1.29 is 9.47 Å². The van der Waals surface area contributed by atoms with Crippen molar-refractivity contribution in [3.8, 4) is 0 Å². The van der Waals surface area contributed by atoms with E-state index >= 15 is 0 Å². The molecule has 0 radical (unpaired) electrons. The Labute approximate surface area is 116 Å². The maximum atomic E-state index is 6.07. The first-order chi connectivity index (χ1) is 9.04. The molecule has 1 aromatic rings. The van der Waals surface area contributed by atoms with Crippen molar-refractivity contribution in [2.45, 2.75) is 45.8 Å². The molecular formula is C17H24O2. The predicted octanol–water partition coefficient (Wildman–Crippen LogP) is 3.84. The molecule has 19 heavy (non-hydrogen) atoms. The fourth-order valence-corrected chi connectivity index (χ4v) is 3.40. The van der Waals surface area contributed by atoms with E-state index in [-0.39, 0.29) is 5.60 Å². The molecule has 2 atom stereocenters. The molecule has 1 spiro atoms. The van der Waals surface area contributed by atoms with Crippen molar-refractivity contribution in [2.24, 2.45) is 11.8 Å². The van der Waals surface area contributed by atoms with E-state index in [4.69, 9.17) is 9.47 Å². The first-order valence-electron chi connectivity index (χ1n) is 7.39. The molecule has 104 valence electrons. The van der Waals surface area contributed by atoms with Gasteiger partial charge in [0.2, 0.25) is 0 Å². The summed E-state index contributed by atoms with van der Waals surface area (Å²) in [5.74, 6) is 1.77. The van der Waals surface area contributed by atoms with Crippen LogP contribution in [0.1, 0.15) is 50.3 Å². The monoisotopic (exact) mass is 260 g/mol. The Morgan fingerprint density at radius 3 is 2.58 bits per heavy atom. The van der Waals surface area contributed by atoms with Gasteiger partial charge in [-0.2, -0.15) is 0 Å². The summed E-state index contributed by atoms with van der Waals surface area (Å²) < 4.78 is 11.9. The molecule has 2 unspecified atom stereocenters. The third kappa shape index (κ3) is 1.93. The molecule has 2 nitrogen and oxygen atoms in total. The zero-order chi connectivity index (χ0) is 13.6. The van der Waals surface area contributed by atoms with Gasteiger partial charge < -0.3 is 9.47 Å². The Kier molecular flexibility index (Phi) is 3.18. The molecule has 1 saturated heterocycles. The second kappa shape index (κ2) is 4.60. The van der Waals surface area contributed by atoms with Crippen LogP contribution in [-0.2, 0) is 21.7 Å². The van der Waals surface area contributed by atoms with Crippen molar-refractivity contribution in [3.63, 3.8) is 0 Å². The number of rotatable bonds is 2. The van der Waals surface area contributed by atoms with Crippen LogP contribution in [0.2, 0.25) is 0 Å². The minimum Gasteiger partial charge on any atom is -0.373 e. The molecule has 1 aromatic carbocycles. The fraction of sp³-hybridized carbons (Fsp3) is 0.647. The molecule has 2 heterocycles. The van der Waals surface area contributed by atoms with Gasteiger partial charge in [0.1, 0.15) is 5.60 Å². The molecule has 2 aliphatic rings. The van der Waals surface area contributed by atoms with Gasteiger partial charge in [0.25, 0.3) is 0 Å². The van der Waals surface area contributed by atoms with Crippen LogP contribution < -0.4 is 0 Å². The maximum Gasteiger partial charge on any atom is 0.122 e. The van der Waals surface area contributed by atoms with E-state index in [9.17, 15) is 0 Å². The summed E-state index contributed by atoms with van der Waals surface area (Å²) in [6, 6.07) is 6.82. The summed E-state index contributed by atoms with van der Waals surface area (Å²) in [4.78, 5) is 0. The SMILES string of the molecule is CC(C)c1ccc2c(c1)C1(COC2)OCC1C(C)C. The van der Waals surface area contributed by atoms with Crippen LogP contribution in [-0.4, -0.2) is 13.2 Å². The Hall–Kier alpha value is -0.860. The Morgan fingerprint density at radius 2 is 2.00 bits per heavy atom. The lowest BCUT2D eigenvalue weighted by molar-refractivity contribution is -0.260. The van der Waals surface area contributed by atoms with Crippen LogP contribution in [0.3, 0.4) is 0 Å². The van der Waals surface area contributed by atoms with Crippen LogP contribution in [0.4, 0.5) is 0 Å². The number of ether oxygens (including phenoxy) is 2. The van der Waals surface area contributed by atoms with E-state index in [2.05, 4.69) is 45.9 Å². The van der Waals surface area contributed by atoms with Crippen LogP contribution in [0.15, 0.2) is 18.2 Å². The van der Waals surface area contributed by atoms with Crippen molar-refractivity contribution in [1.82, 2.24) is 0 Å². The third-order valence-electron chi connectivity index (χ3n) is 4.75. The lowest BCUT2D eigenvalue weighted by Crippen LogP contribution is -2.57. The molecule has 0 saturated carbocycles. The van der Waals surface area contributed by atoms with Crippen LogP contribution in [0, 0.1) is 11.8 Å². The van der Waals surface area contributed by atoms with Crippen LogP contribution in [0.5, 0.6) is 0 Å². The summed E-state index contributed by atoms with van der Waals surface area (Å²) in [5, 5.41) is 0. The minimum atomic E-state index is -0.174. The molecule has 1 fully saturated rings. The number of benzene rings is 1. The summed E-state index contributed by atoms with van der Waals surface area (Å²) in [7, 11) is 0. The van der Waals surface area contributed by atoms with E-state index in [1.54, 1.807) is 0 Å². The molecular weight excluding hydrogens is 236 g/mol. The van der Waals surface area contributed by atoms with E-state index in [0.29, 0.717) is 24.4 Å². The second-order valence-corrected chi connectivity index (χ2v) is 6.62. The van der Waals surface area contributed by atoms with Gasteiger partial charge in [-0.1, -0.05) is 45.9 Å². The van der Waals surface area contributed by atoms with Crippen molar-refractivity contribution in [2.75, 3.05) is 13.2 Å². The van der Waals surface area contributed by atoms with E-state index in [1.165, 1.54) is 16.7 Å². The van der Waals surface area contributed by atoms with Gasteiger partial charge in [0, 0.05) is 5.92 Å². The number of hydrogen-bond donors (Lipinski definition) is 0. The average Bonchev–Trinajstić information content (AvgIpc) is 2.35. The predicted molar refractivity (Wildman–Crippen MR) is 76.1 cm³/mol. The van der Waals surface area contributed by atoms with Gasteiger partial charge >= 0.3 is 0 Å². The Bertz CT molecular complexity index is 478. The fourth-order valence-electron chi connectivity index (χ4n) is 3.40. The first-order valence-corrected chi connectivity index (χ1v) is 7.39. The summed E-state index contributed by atoms with van der Waals surface area (Å²) in [6.45, 7) is 11.4. The first kappa shape index (κ1) is 13.1. The zero-order valence-corrected chi connectivity index (χ0v) is 12.4. The standard InChI is InChI=1S/C17H24O2/c1-11(2)13-5-6-14-8-18-10-17(15(14)7-13)16(9-19-17)12(3)4/h5-7,11-12,16H,8-10H2,1-4H3. The Morgan fingerprint density at radius 1 is 1.21 bits per heavy atom. The molecule has 2 heteroatoms. The van der Waals surface area contributed by atoms with Crippen LogP contribution in [0.25, 0.3) is 0 Å². The van der Waals surface area contributed by atoms with Gasteiger partial charge in [0.15, 0.2) is 0 Å². The maximum absolute atomic E-state index is 6.07. The van der Waals surface area contributed by atoms with E-state index in [0.717, 1.165) is 13.2 Å². The van der Waals surface area contributed by atoms with Crippen molar-refractivity contribution >= 4 is 0 Å². The van der Waals surface area contributed by atoms with E-state index in [1.807, 2.05) is 0 Å². The summed E-state index contributed by atoms with van der Waals surface area (Å²) in [6.07, 6.45) is 0. The highest BCUT2D eigenvalue weighted by molar-refractivity contribution is 5.40. The normalized spacial score (nSPS) is 29.7. The lowest BCUT2D eigenvalue weighted by Gasteiger charge is -2.53. The highest BCUT2D eigenvalue weighted by Gasteiger charge is 2.53. The quantitative estimate of drug-likeness (QED) is 0.804. The largest absolute Gasteiger partial charge is 0.373 e. The molecule has 0 N–H and O–H groups in total. The van der Waals surface area contributed by atoms with Gasteiger partial charge in [-0.25, -0.2) is 0 Å².